The number of aromatic nitrogens is 1. The largest absolute Gasteiger partial charge is 0.325 e. The predicted molar refractivity (Wildman–Crippen MR) is 95.6 cm³/mol. The van der Waals surface area contributed by atoms with Gasteiger partial charge >= 0.3 is 6.03 Å². The normalized spacial score (nSPS) is 10.1. The summed E-state index contributed by atoms with van der Waals surface area (Å²) >= 11 is 1.13. The van der Waals surface area contributed by atoms with Gasteiger partial charge in [0.2, 0.25) is 0 Å². The molecule has 0 aliphatic rings. The van der Waals surface area contributed by atoms with Crippen LogP contribution in [0.5, 0.6) is 0 Å². The Hall–Kier alpha value is -3.26. The lowest BCUT2D eigenvalue weighted by Gasteiger charge is -2.05. The molecule has 0 aliphatic heterocycles. The zero-order valence-electron chi connectivity index (χ0n) is 12.8. The first-order chi connectivity index (χ1) is 12.1. The van der Waals surface area contributed by atoms with Crippen molar-refractivity contribution in [3.05, 3.63) is 71.5 Å². The number of urea groups is 1. The van der Waals surface area contributed by atoms with Crippen LogP contribution in [0.3, 0.4) is 0 Å². The highest BCUT2D eigenvalue weighted by molar-refractivity contribution is 7.14. The molecule has 0 saturated carbocycles. The molecule has 0 bridgehead atoms. The van der Waals surface area contributed by atoms with E-state index in [1.165, 1.54) is 24.3 Å². The van der Waals surface area contributed by atoms with Crippen LogP contribution >= 0.6 is 11.3 Å². The number of halogens is 1. The molecule has 0 radical (unpaired) electrons. The number of thiazole rings is 1. The lowest BCUT2D eigenvalue weighted by atomic mass is 10.3. The van der Waals surface area contributed by atoms with E-state index in [4.69, 9.17) is 0 Å². The second kappa shape index (κ2) is 7.54. The summed E-state index contributed by atoms with van der Waals surface area (Å²) in [6, 6.07) is 13.8. The Morgan fingerprint density at radius 1 is 0.880 bits per heavy atom. The van der Waals surface area contributed by atoms with Gasteiger partial charge in [0, 0.05) is 16.8 Å². The van der Waals surface area contributed by atoms with E-state index in [1.807, 2.05) is 18.2 Å². The van der Waals surface area contributed by atoms with Gasteiger partial charge in [-0.15, -0.1) is 11.3 Å². The van der Waals surface area contributed by atoms with Crippen molar-refractivity contribution >= 4 is 39.8 Å². The van der Waals surface area contributed by atoms with Crippen LogP contribution < -0.4 is 16.0 Å². The molecule has 3 N–H and O–H groups in total. The van der Waals surface area contributed by atoms with Crippen LogP contribution in [0.15, 0.2) is 60.0 Å². The van der Waals surface area contributed by atoms with Crippen molar-refractivity contribution in [1.82, 2.24) is 4.98 Å². The van der Waals surface area contributed by atoms with Crippen LogP contribution in [0.2, 0.25) is 0 Å². The van der Waals surface area contributed by atoms with E-state index in [-0.39, 0.29) is 22.5 Å². The zero-order valence-corrected chi connectivity index (χ0v) is 13.6. The number of nitrogens with one attached hydrogen (secondary N) is 3. The third kappa shape index (κ3) is 4.61. The summed E-state index contributed by atoms with van der Waals surface area (Å²) in [5.74, 6) is -0.755. The molecule has 2 aromatic carbocycles. The molecule has 0 saturated heterocycles. The molecule has 0 unspecified atom stereocenters. The summed E-state index contributed by atoms with van der Waals surface area (Å²) < 4.78 is 12.8. The number of nitrogens with zero attached hydrogens (tertiary/aromatic N) is 1. The molecule has 0 atom stereocenters. The Balaban J connectivity index is 1.58. The minimum atomic E-state index is -0.532. The quantitative estimate of drug-likeness (QED) is 0.656. The average molecular weight is 356 g/mol. The lowest BCUT2D eigenvalue weighted by Crippen LogP contribution is -2.19. The third-order valence-corrected chi connectivity index (χ3v) is 3.85. The molecular weight excluding hydrogens is 343 g/mol. The molecule has 3 aromatic rings. The van der Waals surface area contributed by atoms with Crippen molar-refractivity contribution in [3.8, 4) is 0 Å². The summed E-state index contributed by atoms with van der Waals surface area (Å²) in [7, 11) is 0. The van der Waals surface area contributed by atoms with Gasteiger partial charge in [-0.05, 0) is 36.4 Å². The van der Waals surface area contributed by atoms with Crippen LogP contribution in [0.4, 0.5) is 25.7 Å². The first-order valence-electron chi connectivity index (χ1n) is 7.25. The van der Waals surface area contributed by atoms with Gasteiger partial charge in [-0.25, -0.2) is 14.2 Å². The Bertz CT molecular complexity index is 881. The molecular formula is C17H13FN4O2S. The second-order valence-electron chi connectivity index (χ2n) is 4.94. The monoisotopic (exact) mass is 356 g/mol. The number of anilines is 3. The number of carbonyl (C=O) groups is 2. The Kier molecular flexibility index (Phi) is 5.00. The van der Waals surface area contributed by atoms with E-state index in [1.54, 1.807) is 17.5 Å². The van der Waals surface area contributed by atoms with Crippen LogP contribution in [-0.4, -0.2) is 16.9 Å². The van der Waals surface area contributed by atoms with Gasteiger partial charge in [-0.1, -0.05) is 18.2 Å². The maximum Gasteiger partial charge on any atom is 0.325 e. The molecule has 8 heteroatoms. The first kappa shape index (κ1) is 16.6. The van der Waals surface area contributed by atoms with Crippen molar-refractivity contribution in [3.63, 3.8) is 0 Å². The Morgan fingerprint density at radius 2 is 1.56 bits per heavy atom. The molecule has 6 nitrogen and oxygen atoms in total. The number of benzene rings is 2. The molecule has 3 rings (SSSR count). The molecule has 25 heavy (non-hydrogen) atoms. The highest BCUT2D eigenvalue weighted by atomic mass is 32.1. The van der Waals surface area contributed by atoms with Gasteiger partial charge in [0.05, 0.1) is 0 Å². The number of carbonyl (C=O) groups excluding carboxylic acids is 2. The smallest absolute Gasteiger partial charge is 0.321 e. The SMILES string of the molecule is O=C(Nc1ccc(F)cc1)Nc1nc(C(=O)Nc2ccccc2)cs1. The van der Waals surface area contributed by atoms with Crippen LogP contribution in [0.1, 0.15) is 10.5 Å². The molecule has 1 heterocycles. The van der Waals surface area contributed by atoms with Crippen molar-refractivity contribution in [2.45, 2.75) is 0 Å². The second-order valence-corrected chi connectivity index (χ2v) is 5.80. The zero-order chi connectivity index (χ0) is 17.6. The number of rotatable bonds is 4. The molecule has 0 spiro atoms. The third-order valence-electron chi connectivity index (χ3n) is 3.09. The number of amides is 3. The van der Waals surface area contributed by atoms with Crippen molar-refractivity contribution < 1.29 is 14.0 Å². The minimum Gasteiger partial charge on any atom is -0.321 e. The van der Waals surface area contributed by atoms with Gasteiger partial charge < -0.3 is 10.6 Å². The number of hydrogen-bond acceptors (Lipinski definition) is 4. The van der Waals surface area contributed by atoms with E-state index in [2.05, 4.69) is 20.9 Å². The standard InChI is InChI=1S/C17H13FN4O2S/c18-11-6-8-13(9-7-11)20-16(24)22-17-21-14(10-25-17)15(23)19-12-4-2-1-3-5-12/h1-10H,(H,19,23)(H2,20,21,22,24). The summed E-state index contributed by atoms with van der Waals surface area (Å²) in [5, 5.41) is 9.61. The fourth-order valence-electron chi connectivity index (χ4n) is 1.94. The summed E-state index contributed by atoms with van der Waals surface area (Å²) in [6.07, 6.45) is 0. The first-order valence-corrected chi connectivity index (χ1v) is 8.13. The van der Waals surface area contributed by atoms with E-state index in [9.17, 15) is 14.0 Å². The summed E-state index contributed by atoms with van der Waals surface area (Å²) in [4.78, 5) is 28.1. The molecule has 3 amide bonds. The highest BCUT2D eigenvalue weighted by Crippen LogP contribution is 2.17. The van der Waals surface area contributed by atoms with Crippen LogP contribution in [-0.2, 0) is 0 Å². The van der Waals surface area contributed by atoms with Gasteiger partial charge in [0.25, 0.3) is 5.91 Å². The van der Waals surface area contributed by atoms with Gasteiger partial charge in [-0.3, -0.25) is 10.1 Å². The van der Waals surface area contributed by atoms with E-state index in [0.717, 1.165) is 11.3 Å². The summed E-state index contributed by atoms with van der Waals surface area (Å²) in [5.41, 5.74) is 1.30. The fourth-order valence-corrected chi connectivity index (χ4v) is 2.63. The van der Waals surface area contributed by atoms with Crippen molar-refractivity contribution in [2.24, 2.45) is 0 Å². The van der Waals surface area contributed by atoms with E-state index in [0.29, 0.717) is 11.4 Å². The van der Waals surface area contributed by atoms with Crippen molar-refractivity contribution in [2.75, 3.05) is 16.0 Å². The maximum atomic E-state index is 12.8. The fraction of sp³-hybridized carbons (Fsp3) is 0. The number of para-hydroxylation sites is 1. The van der Waals surface area contributed by atoms with Crippen LogP contribution in [0, 0.1) is 5.82 Å². The van der Waals surface area contributed by atoms with Gasteiger partial charge in [-0.2, -0.15) is 0 Å². The molecule has 1 aromatic heterocycles. The highest BCUT2D eigenvalue weighted by Gasteiger charge is 2.12. The molecule has 0 fully saturated rings. The number of hydrogen-bond donors (Lipinski definition) is 3. The average Bonchev–Trinajstić information content (AvgIpc) is 3.06. The maximum absolute atomic E-state index is 12.8. The minimum absolute atomic E-state index is 0.200. The van der Waals surface area contributed by atoms with Crippen molar-refractivity contribution in [1.29, 1.82) is 0 Å². The van der Waals surface area contributed by atoms with Gasteiger partial charge in [0.15, 0.2) is 5.13 Å². The lowest BCUT2D eigenvalue weighted by molar-refractivity contribution is 0.102. The molecule has 126 valence electrons. The predicted octanol–water partition coefficient (Wildman–Crippen LogP) is 4.18. The van der Waals surface area contributed by atoms with Crippen LogP contribution in [0.25, 0.3) is 0 Å². The summed E-state index contributed by atoms with van der Waals surface area (Å²) in [6.45, 7) is 0. The van der Waals surface area contributed by atoms with E-state index >= 15 is 0 Å². The van der Waals surface area contributed by atoms with E-state index < -0.39 is 6.03 Å². The topological polar surface area (TPSA) is 83.1 Å². The van der Waals surface area contributed by atoms with Gasteiger partial charge in [0.1, 0.15) is 11.5 Å². The Morgan fingerprint density at radius 3 is 2.28 bits per heavy atom. The molecule has 0 aliphatic carbocycles. The Labute approximate surface area is 146 Å².